The number of aryl methyl sites for hydroxylation is 1. The predicted octanol–water partition coefficient (Wildman–Crippen LogP) is 4.24. The molecule has 21 heavy (non-hydrogen) atoms. The molecule has 0 fully saturated rings. The second-order valence-corrected chi connectivity index (χ2v) is 7.38. The maximum atomic E-state index is 12.3. The molecular weight excluding hydrogens is 280 g/mol. The van der Waals surface area contributed by atoms with E-state index >= 15 is 0 Å². The molecular formula is C17H22N2OS. The van der Waals surface area contributed by atoms with Crippen molar-refractivity contribution in [2.75, 3.05) is 0 Å². The van der Waals surface area contributed by atoms with Crippen LogP contribution in [-0.4, -0.2) is 10.9 Å². The lowest BCUT2D eigenvalue weighted by atomic mass is 9.86. The van der Waals surface area contributed by atoms with Gasteiger partial charge in [-0.25, -0.2) is 4.98 Å². The number of nitrogens with one attached hydrogen (secondary N) is 1. The van der Waals surface area contributed by atoms with Crippen molar-refractivity contribution in [2.24, 2.45) is 0 Å². The number of rotatable bonds is 3. The Labute approximate surface area is 130 Å². The topological polar surface area (TPSA) is 42.0 Å². The number of carbonyl (C=O) groups excluding carboxylic acids is 1. The Hall–Kier alpha value is -1.68. The molecule has 1 unspecified atom stereocenters. The summed E-state index contributed by atoms with van der Waals surface area (Å²) in [4.78, 5) is 16.7. The summed E-state index contributed by atoms with van der Waals surface area (Å²) in [5, 5.41) is 5.99. The number of thiazole rings is 1. The fourth-order valence-electron chi connectivity index (χ4n) is 2.05. The third-order valence-electron chi connectivity index (χ3n) is 3.44. The fourth-order valence-corrected chi connectivity index (χ4v) is 2.76. The van der Waals surface area contributed by atoms with Gasteiger partial charge in [0.25, 0.3) is 5.91 Å². The minimum absolute atomic E-state index is 0.0615. The van der Waals surface area contributed by atoms with Crippen LogP contribution in [-0.2, 0) is 5.41 Å². The first kappa shape index (κ1) is 15.7. The van der Waals surface area contributed by atoms with Crippen molar-refractivity contribution in [3.63, 3.8) is 0 Å². The van der Waals surface area contributed by atoms with Gasteiger partial charge in [0.1, 0.15) is 0 Å². The molecule has 1 atom stereocenters. The molecule has 3 nitrogen and oxygen atoms in total. The first-order chi connectivity index (χ1) is 9.77. The Morgan fingerprint density at radius 2 is 1.86 bits per heavy atom. The van der Waals surface area contributed by atoms with Crippen molar-refractivity contribution in [1.29, 1.82) is 0 Å². The molecule has 2 rings (SSSR count). The highest BCUT2D eigenvalue weighted by atomic mass is 32.1. The Bertz CT molecular complexity index is 623. The predicted molar refractivity (Wildman–Crippen MR) is 87.9 cm³/mol. The van der Waals surface area contributed by atoms with Gasteiger partial charge in [-0.15, -0.1) is 11.3 Å². The Morgan fingerprint density at radius 1 is 1.24 bits per heavy atom. The Kier molecular flexibility index (Phi) is 4.47. The molecule has 112 valence electrons. The second kappa shape index (κ2) is 5.98. The summed E-state index contributed by atoms with van der Waals surface area (Å²) >= 11 is 1.60. The molecule has 0 aliphatic heterocycles. The van der Waals surface area contributed by atoms with Crippen LogP contribution >= 0.6 is 11.3 Å². The largest absolute Gasteiger partial charge is 0.344 e. The summed E-state index contributed by atoms with van der Waals surface area (Å²) in [6, 6.07) is 7.73. The molecule has 0 bridgehead atoms. The zero-order valence-corrected chi connectivity index (χ0v) is 14.0. The molecule has 0 saturated heterocycles. The Morgan fingerprint density at radius 3 is 2.33 bits per heavy atom. The monoisotopic (exact) mass is 302 g/mol. The lowest BCUT2D eigenvalue weighted by Crippen LogP contribution is -2.27. The van der Waals surface area contributed by atoms with E-state index in [1.54, 1.807) is 11.3 Å². The van der Waals surface area contributed by atoms with E-state index in [0.717, 1.165) is 10.7 Å². The van der Waals surface area contributed by atoms with E-state index in [9.17, 15) is 4.79 Å². The van der Waals surface area contributed by atoms with Crippen LogP contribution in [0.5, 0.6) is 0 Å². The molecule has 1 amide bonds. The number of benzene rings is 1. The van der Waals surface area contributed by atoms with E-state index in [4.69, 9.17) is 0 Å². The summed E-state index contributed by atoms with van der Waals surface area (Å²) in [6.45, 7) is 10.4. The van der Waals surface area contributed by atoms with Crippen LogP contribution < -0.4 is 5.32 Å². The van der Waals surface area contributed by atoms with E-state index in [1.807, 2.05) is 43.5 Å². The highest BCUT2D eigenvalue weighted by molar-refractivity contribution is 7.09. The molecule has 0 saturated carbocycles. The highest BCUT2D eigenvalue weighted by Crippen LogP contribution is 2.22. The third-order valence-corrected chi connectivity index (χ3v) is 4.23. The van der Waals surface area contributed by atoms with E-state index in [2.05, 4.69) is 31.1 Å². The minimum atomic E-state index is -0.0789. The summed E-state index contributed by atoms with van der Waals surface area (Å²) in [5.74, 6) is -0.0615. The van der Waals surface area contributed by atoms with Gasteiger partial charge in [0.15, 0.2) is 0 Å². The highest BCUT2D eigenvalue weighted by Gasteiger charge is 2.16. The molecule has 4 heteroatoms. The van der Waals surface area contributed by atoms with Gasteiger partial charge in [-0.2, -0.15) is 0 Å². The van der Waals surface area contributed by atoms with Gasteiger partial charge in [0, 0.05) is 10.9 Å². The molecule has 0 aliphatic carbocycles. The third kappa shape index (κ3) is 3.91. The zero-order valence-electron chi connectivity index (χ0n) is 13.2. The van der Waals surface area contributed by atoms with Crippen molar-refractivity contribution in [3.8, 4) is 0 Å². The lowest BCUT2D eigenvalue weighted by Gasteiger charge is -2.19. The smallest absolute Gasteiger partial charge is 0.251 e. The van der Waals surface area contributed by atoms with Gasteiger partial charge in [-0.1, -0.05) is 32.9 Å². The normalized spacial score (nSPS) is 13.0. The van der Waals surface area contributed by atoms with Crippen LogP contribution in [0.4, 0.5) is 0 Å². The first-order valence-electron chi connectivity index (χ1n) is 7.11. The van der Waals surface area contributed by atoms with Gasteiger partial charge in [-0.3, -0.25) is 4.79 Å². The van der Waals surface area contributed by atoms with Crippen LogP contribution in [0, 0.1) is 6.92 Å². The summed E-state index contributed by atoms with van der Waals surface area (Å²) < 4.78 is 0. The molecule has 1 aromatic heterocycles. The van der Waals surface area contributed by atoms with Crippen molar-refractivity contribution < 1.29 is 4.79 Å². The van der Waals surface area contributed by atoms with E-state index in [-0.39, 0.29) is 17.4 Å². The average Bonchev–Trinajstić information content (AvgIpc) is 2.84. The van der Waals surface area contributed by atoms with Crippen LogP contribution in [0.2, 0.25) is 0 Å². The van der Waals surface area contributed by atoms with E-state index in [0.29, 0.717) is 5.56 Å². The SMILES string of the molecule is Cc1nc(C(C)NC(=O)c2ccc(C(C)(C)C)cc2)cs1. The van der Waals surface area contributed by atoms with Gasteiger partial charge >= 0.3 is 0 Å². The summed E-state index contributed by atoms with van der Waals surface area (Å²) in [6.07, 6.45) is 0. The van der Waals surface area contributed by atoms with Crippen molar-refractivity contribution in [3.05, 3.63) is 51.5 Å². The average molecular weight is 302 g/mol. The van der Waals surface area contributed by atoms with Gasteiger partial charge in [0.2, 0.25) is 0 Å². The van der Waals surface area contributed by atoms with Crippen molar-refractivity contribution in [1.82, 2.24) is 10.3 Å². The fraction of sp³-hybridized carbons (Fsp3) is 0.412. The maximum Gasteiger partial charge on any atom is 0.251 e. The van der Waals surface area contributed by atoms with Gasteiger partial charge in [0.05, 0.1) is 16.7 Å². The number of hydrogen-bond acceptors (Lipinski definition) is 3. The first-order valence-corrected chi connectivity index (χ1v) is 7.99. The van der Waals surface area contributed by atoms with Crippen LogP contribution in [0.1, 0.15) is 60.4 Å². The number of aromatic nitrogens is 1. The maximum absolute atomic E-state index is 12.3. The molecule has 1 heterocycles. The molecule has 1 N–H and O–H groups in total. The number of amides is 1. The number of hydrogen-bond donors (Lipinski definition) is 1. The van der Waals surface area contributed by atoms with Crippen LogP contribution in [0.3, 0.4) is 0 Å². The molecule has 0 spiro atoms. The van der Waals surface area contributed by atoms with Crippen LogP contribution in [0.15, 0.2) is 29.6 Å². The van der Waals surface area contributed by atoms with Crippen molar-refractivity contribution in [2.45, 2.75) is 46.1 Å². The molecule has 1 aromatic carbocycles. The van der Waals surface area contributed by atoms with E-state index < -0.39 is 0 Å². The summed E-state index contributed by atoms with van der Waals surface area (Å²) in [7, 11) is 0. The van der Waals surface area contributed by atoms with Crippen molar-refractivity contribution >= 4 is 17.2 Å². The quantitative estimate of drug-likeness (QED) is 0.921. The number of carbonyl (C=O) groups is 1. The molecule has 0 radical (unpaired) electrons. The van der Waals surface area contributed by atoms with E-state index in [1.165, 1.54) is 5.56 Å². The standard InChI is InChI=1S/C17H22N2OS/c1-11(15-10-21-12(2)19-15)18-16(20)13-6-8-14(9-7-13)17(3,4)5/h6-11H,1-5H3,(H,18,20). The second-order valence-electron chi connectivity index (χ2n) is 6.31. The lowest BCUT2D eigenvalue weighted by molar-refractivity contribution is 0.0939. The molecule has 2 aromatic rings. The van der Waals surface area contributed by atoms with Gasteiger partial charge < -0.3 is 5.32 Å². The summed E-state index contributed by atoms with van der Waals surface area (Å²) in [5.41, 5.74) is 2.92. The van der Waals surface area contributed by atoms with Gasteiger partial charge in [-0.05, 0) is 37.0 Å². The number of nitrogens with zero attached hydrogens (tertiary/aromatic N) is 1. The minimum Gasteiger partial charge on any atom is -0.344 e. The zero-order chi connectivity index (χ0) is 15.6. The van der Waals surface area contributed by atoms with Crippen LogP contribution in [0.25, 0.3) is 0 Å². The molecule has 0 aliphatic rings. The Balaban J connectivity index is 2.06.